The number of aromatic nitrogens is 2. The third kappa shape index (κ3) is 7.04. The highest BCUT2D eigenvalue weighted by molar-refractivity contribution is 14.0. The van der Waals surface area contributed by atoms with Gasteiger partial charge >= 0.3 is 0 Å². The molecule has 0 amide bonds. The van der Waals surface area contributed by atoms with Gasteiger partial charge in [-0.25, -0.2) is 0 Å². The van der Waals surface area contributed by atoms with Crippen LogP contribution >= 0.6 is 24.0 Å². The molecular weight excluding hydrogens is 525 g/mol. The minimum absolute atomic E-state index is 0. The number of nitrogens with one attached hydrogen (secondary N) is 2. The van der Waals surface area contributed by atoms with Crippen molar-refractivity contribution in [2.24, 2.45) is 10.9 Å². The van der Waals surface area contributed by atoms with Crippen molar-refractivity contribution in [1.82, 2.24) is 20.4 Å². The van der Waals surface area contributed by atoms with Crippen LogP contribution in [-0.2, 0) is 17.8 Å². The second-order valence-corrected chi connectivity index (χ2v) is 8.38. The van der Waals surface area contributed by atoms with Crippen LogP contribution in [0.2, 0.25) is 0 Å². The first-order valence-electron chi connectivity index (χ1n) is 11.4. The van der Waals surface area contributed by atoms with Crippen molar-refractivity contribution in [2.45, 2.75) is 39.0 Å². The zero-order chi connectivity index (χ0) is 22.2. The smallest absolute Gasteiger partial charge is 0.191 e. The molecule has 33 heavy (non-hydrogen) atoms. The van der Waals surface area contributed by atoms with E-state index in [0.717, 1.165) is 38.5 Å². The number of hydrogen-bond donors (Lipinski definition) is 2. The minimum atomic E-state index is 0. The average molecular weight is 559 g/mol. The van der Waals surface area contributed by atoms with Crippen LogP contribution in [0.4, 0.5) is 0 Å². The van der Waals surface area contributed by atoms with Gasteiger partial charge in [-0.3, -0.25) is 9.67 Å². The predicted octanol–water partition coefficient (Wildman–Crippen LogP) is 4.69. The Hall–Kier alpha value is -2.39. The van der Waals surface area contributed by atoms with Crippen molar-refractivity contribution >= 4 is 29.9 Å². The van der Waals surface area contributed by atoms with Crippen LogP contribution < -0.4 is 10.6 Å². The van der Waals surface area contributed by atoms with Crippen LogP contribution in [0.3, 0.4) is 0 Å². The van der Waals surface area contributed by atoms with Crippen LogP contribution in [0.5, 0.6) is 0 Å². The van der Waals surface area contributed by atoms with Crippen molar-refractivity contribution in [3.8, 4) is 0 Å². The fourth-order valence-electron chi connectivity index (χ4n) is 4.26. The van der Waals surface area contributed by atoms with E-state index < -0.39 is 0 Å². The molecule has 1 aliphatic heterocycles. The molecule has 1 saturated heterocycles. The average Bonchev–Trinajstić information content (AvgIpc) is 3.34. The molecule has 0 aliphatic carbocycles. The summed E-state index contributed by atoms with van der Waals surface area (Å²) in [6.45, 7) is 5.24. The maximum absolute atomic E-state index is 6.17. The molecule has 0 bridgehead atoms. The van der Waals surface area contributed by atoms with Crippen LogP contribution in [0.15, 0.2) is 72.0 Å². The van der Waals surface area contributed by atoms with Crippen LogP contribution in [0.1, 0.15) is 41.2 Å². The molecule has 2 aromatic carbocycles. The van der Waals surface area contributed by atoms with E-state index in [1.807, 2.05) is 30.2 Å². The van der Waals surface area contributed by atoms with Gasteiger partial charge in [0.1, 0.15) is 0 Å². The van der Waals surface area contributed by atoms with E-state index in [4.69, 9.17) is 4.74 Å². The van der Waals surface area contributed by atoms with Gasteiger partial charge in [-0.1, -0.05) is 54.1 Å². The molecule has 1 fully saturated rings. The highest BCUT2D eigenvalue weighted by Gasteiger charge is 2.27. The molecule has 6 nitrogen and oxygen atoms in total. The normalized spacial score (nSPS) is 18.4. The highest BCUT2D eigenvalue weighted by atomic mass is 127. The summed E-state index contributed by atoms with van der Waals surface area (Å²) >= 11 is 0. The first kappa shape index (κ1) is 25.2. The number of halogens is 1. The summed E-state index contributed by atoms with van der Waals surface area (Å²) in [6.07, 6.45) is 6.17. The summed E-state index contributed by atoms with van der Waals surface area (Å²) in [5, 5.41) is 11.3. The molecule has 1 aromatic heterocycles. The summed E-state index contributed by atoms with van der Waals surface area (Å²) in [6, 6.07) is 19.1. The Kier molecular flexibility index (Phi) is 9.75. The first-order chi connectivity index (χ1) is 15.7. The first-order valence-corrected chi connectivity index (χ1v) is 11.4. The number of rotatable bonds is 7. The number of aliphatic imine (C=N–C) groups is 1. The Morgan fingerprint density at radius 1 is 1.09 bits per heavy atom. The lowest BCUT2D eigenvalue weighted by atomic mass is 9.89. The Labute approximate surface area is 213 Å². The van der Waals surface area contributed by atoms with E-state index in [1.165, 1.54) is 22.3 Å². The largest absolute Gasteiger partial charge is 0.373 e. The summed E-state index contributed by atoms with van der Waals surface area (Å²) < 4.78 is 8.11. The number of guanidine groups is 1. The maximum atomic E-state index is 6.17. The SMILES string of the molecule is CN=C(NCc1ccccc1Cn1cccn1)NCC1CCCOC1c1ccc(C)cc1.I. The molecule has 4 rings (SSSR count). The molecule has 176 valence electrons. The Bertz CT molecular complexity index is 1000. The van der Waals surface area contributed by atoms with Gasteiger partial charge in [-0.2, -0.15) is 5.10 Å². The Balaban J connectivity index is 0.00000306. The van der Waals surface area contributed by atoms with Gasteiger partial charge in [0.2, 0.25) is 0 Å². The zero-order valence-corrected chi connectivity index (χ0v) is 21.7. The third-order valence-electron chi connectivity index (χ3n) is 6.06. The van der Waals surface area contributed by atoms with Gasteiger partial charge in [0, 0.05) is 45.1 Å². The number of hydrogen-bond acceptors (Lipinski definition) is 3. The molecule has 7 heteroatoms. The topological polar surface area (TPSA) is 63.5 Å². The predicted molar refractivity (Wildman–Crippen MR) is 144 cm³/mol. The molecular formula is C26H34IN5O. The lowest BCUT2D eigenvalue weighted by Crippen LogP contribution is -2.41. The third-order valence-corrected chi connectivity index (χ3v) is 6.06. The maximum Gasteiger partial charge on any atom is 0.191 e. The van der Waals surface area contributed by atoms with Crippen LogP contribution in [-0.4, -0.2) is 35.9 Å². The summed E-state index contributed by atoms with van der Waals surface area (Å²) in [7, 11) is 1.82. The molecule has 0 saturated carbocycles. The van der Waals surface area contributed by atoms with Gasteiger partial charge < -0.3 is 15.4 Å². The van der Waals surface area contributed by atoms with Gasteiger partial charge in [-0.15, -0.1) is 24.0 Å². The molecule has 2 atom stereocenters. The second-order valence-electron chi connectivity index (χ2n) is 8.38. The number of aryl methyl sites for hydroxylation is 1. The fourth-order valence-corrected chi connectivity index (χ4v) is 4.26. The lowest BCUT2D eigenvalue weighted by Gasteiger charge is -2.32. The minimum Gasteiger partial charge on any atom is -0.373 e. The summed E-state index contributed by atoms with van der Waals surface area (Å²) in [5.74, 6) is 1.23. The monoisotopic (exact) mass is 559 g/mol. The van der Waals surface area contributed by atoms with E-state index in [2.05, 4.69) is 76.2 Å². The van der Waals surface area contributed by atoms with Crippen molar-refractivity contribution in [2.75, 3.05) is 20.2 Å². The summed E-state index contributed by atoms with van der Waals surface area (Å²) in [4.78, 5) is 4.44. The molecule has 0 spiro atoms. The number of nitrogens with zero attached hydrogens (tertiary/aromatic N) is 3. The van der Waals surface area contributed by atoms with Gasteiger partial charge in [0.25, 0.3) is 0 Å². The van der Waals surface area contributed by atoms with Crippen molar-refractivity contribution in [3.05, 3.63) is 89.2 Å². The molecule has 3 aromatic rings. The highest BCUT2D eigenvalue weighted by Crippen LogP contribution is 2.33. The lowest BCUT2D eigenvalue weighted by molar-refractivity contribution is -0.0265. The van der Waals surface area contributed by atoms with Crippen LogP contribution in [0.25, 0.3) is 0 Å². The molecule has 0 radical (unpaired) electrons. The molecule has 2 heterocycles. The molecule has 2 N–H and O–H groups in total. The standard InChI is InChI=1S/C26H33N5O.HI/c1-20-10-12-21(13-11-20)25-23(9-5-16-32-25)18-29-26(27-2)28-17-22-7-3-4-8-24(22)19-31-15-6-14-30-31;/h3-4,6-8,10-15,23,25H,5,9,16-19H2,1-2H3,(H2,27,28,29);1H. The quantitative estimate of drug-likeness (QED) is 0.251. The van der Waals surface area contributed by atoms with Gasteiger partial charge in [0.05, 0.1) is 12.6 Å². The van der Waals surface area contributed by atoms with E-state index >= 15 is 0 Å². The van der Waals surface area contributed by atoms with Gasteiger partial charge in [0.15, 0.2) is 5.96 Å². The zero-order valence-electron chi connectivity index (χ0n) is 19.4. The van der Waals surface area contributed by atoms with E-state index in [9.17, 15) is 0 Å². The Morgan fingerprint density at radius 2 is 1.88 bits per heavy atom. The van der Waals surface area contributed by atoms with Crippen molar-refractivity contribution in [1.29, 1.82) is 0 Å². The number of ether oxygens (including phenoxy) is 1. The Morgan fingerprint density at radius 3 is 2.61 bits per heavy atom. The molecule has 2 unspecified atom stereocenters. The second kappa shape index (κ2) is 12.7. The van der Waals surface area contributed by atoms with E-state index in [-0.39, 0.29) is 30.1 Å². The van der Waals surface area contributed by atoms with Crippen LogP contribution in [0, 0.1) is 12.8 Å². The molecule has 1 aliphatic rings. The summed E-state index contributed by atoms with van der Waals surface area (Å²) in [5.41, 5.74) is 5.03. The van der Waals surface area contributed by atoms with Crippen molar-refractivity contribution in [3.63, 3.8) is 0 Å². The fraction of sp³-hybridized carbons (Fsp3) is 0.385. The van der Waals surface area contributed by atoms with Crippen molar-refractivity contribution < 1.29 is 4.74 Å². The van der Waals surface area contributed by atoms with E-state index in [0.29, 0.717) is 12.5 Å². The van der Waals surface area contributed by atoms with E-state index in [1.54, 1.807) is 0 Å². The van der Waals surface area contributed by atoms with Gasteiger partial charge in [-0.05, 0) is 42.5 Å². The number of benzene rings is 2.